The summed E-state index contributed by atoms with van der Waals surface area (Å²) in [7, 11) is -2.86. The Bertz CT molecular complexity index is 160. The van der Waals surface area contributed by atoms with Gasteiger partial charge in [-0.3, -0.25) is 0 Å². The fourth-order valence-corrected chi connectivity index (χ4v) is 0. The van der Waals surface area contributed by atoms with Crippen molar-refractivity contribution in [2.45, 2.75) is 0 Å². The zero-order valence-corrected chi connectivity index (χ0v) is 4.08. The molecule has 0 saturated carbocycles. The molecule has 34 valence electrons. The molecular formula is C2H4N2OS. The number of rotatable bonds is 0. The Morgan fingerprint density at radius 1 is 2.00 bits per heavy atom. The lowest BCUT2D eigenvalue weighted by atomic mass is 11.8. The Morgan fingerprint density at radius 3 is 2.17 bits per heavy atom. The monoisotopic (exact) mass is 104 g/mol. The molecule has 1 unspecified atom stereocenters. The number of thiocyanates is 1. The largest absolute Gasteiger partial charge is 0.241 e. The van der Waals surface area contributed by atoms with Crippen molar-refractivity contribution in [2.75, 3.05) is 6.26 Å². The molecule has 0 radical (unpaired) electrons. The molecule has 3 nitrogen and oxygen atoms in total. The lowest BCUT2D eigenvalue weighted by Crippen LogP contribution is -1.82. The normalized spacial score (nSPS) is 18.0. The third-order valence-electron chi connectivity index (χ3n) is 0.174. The molecule has 1 N–H and O–H groups in total. The van der Waals surface area contributed by atoms with E-state index in [4.69, 9.17) is 10.0 Å². The van der Waals surface area contributed by atoms with Crippen LogP contribution in [0, 0.1) is 15.4 Å². The molecular weight excluding hydrogens is 100 g/mol. The first-order chi connectivity index (χ1) is 2.56. The van der Waals surface area contributed by atoms with Crippen LogP contribution in [0.5, 0.6) is 0 Å². The lowest BCUT2D eigenvalue weighted by Gasteiger charge is -1.71. The summed E-state index contributed by atoms with van der Waals surface area (Å²) >= 11 is 0. The van der Waals surface area contributed by atoms with Gasteiger partial charge < -0.3 is 0 Å². The minimum absolute atomic E-state index is 1.08. The third-order valence-corrected chi connectivity index (χ3v) is 0.523. The molecule has 0 spiro atoms. The van der Waals surface area contributed by atoms with E-state index in [9.17, 15) is 4.21 Å². The van der Waals surface area contributed by atoms with Crippen LogP contribution in [0.3, 0.4) is 0 Å². The molecule has 1 atom stereocenters. The maximum atomic E-state index is 9.86. The molecule has 0 aromatic heterocycles. The molecule has 0 heterocycles. The molecule has 0 aromatic rings. The summed E-state index contributed by atoms with van der Waals surface area (Å²) in [6.07, 6.45) is 1.08. The van der Waals surface area contributed by atoms with Crippen molar-refractivity contribution in [3.63, 3.8) is 0 Å². The van der Waals surface area contributed by atoms with Gasteiger partial charge in [0.15, 0.2) is 5.40 Å². The SMILES string of the molecule is CS(=N)(=O)C#N. The molecule has 0 rings (SSSR count). The molecule has 6 heavy (non-hydrogen) atoms. The first-order valence-electron chi connectivity index (χ1n) is 1.21. The van der Waals surface area contributed by atoms with Crippen molar-refractivity contribution in [3.05, 3.63) is 0 Å². The van der Waals surface area contributed by atoms with E-state index in [0.29, 0.717) is 0 Å². The molecule has 0 aliphatic rings. The average Bonchev–Trinajstić information content (AvgIpc) is 1.35. The zero-order valence-electron chi connectivity index (χ0n) is 3.26. The smallest absolute Gasteiger partial charge is 0.174 e. The number of hydrogen-bond acceptors (Lipinski definition) is 3. The highest BCUT2D eigenvalue weighted by atomic mass is 32.2. The summed E-state index contributed by atoms with van der Waals surface area (Å²) in [5.41, 5.74) is 0. The highest BCUT2D eigenvalue weighted by Crippen LogP contribution is 1.72. The second kappa shape index (κ2) is 1.27. The molecule has 0 fully saturated rings. The van der Waals surface area contributed by atoms with Crippen LogP contribution in [-0.2, 0) is 9.73 Å². The van der Waals surface area contributed by atoms with Crippen LogP contribution < -0.4 is 0 Å². The van der Waals surface area contributed by atoms with E-state index in [-0.39, 0.29) is 0 Å². The first-order valence-corrected chi connectivity index (χ1v) is 3.17. The summed E-state index contributed by atoms with van der Waals surface area (Å²) in [6.45, 7) is 0. The van der Waals surface area contributed by atoms with Crippen molar-refractivity contribution in [3.8, 4) is 5.40 Å². The second-order valence-electron chi connectivity index (χ2n) is 0.935. The van der Waals surface area contributed by atoms with Crippen LogP contribution in [0.4, 0.5) is 0 Å². The van der Waals surface area contributed by atoms with E-state index in [1.807, 2.05) is 0 Å². The van der Waals surface area contributed by atoms with Gasteiger partial charge in [0.25, 0.3) is 0 Å². The fraction of sp³-hybridized carbons (Fsp3) is 0.500. The molecule has 0 aliphatic carbocycles. The van der Waals surface area contributed by atoms with Gasteiger partial charge in [-0.1, -0.05) is 0 Å². The maximum absolute atomic E-state index is 9.86. The first kappa shape index (κ1) is 5.44. The Hall–Kier alpha value is -0.560. The maximum Gasteiger partial charge on any atom is 0.174 e. The van der Waals surface area contributed by atoms with Crippen LogP contribution in [0.25, 0.3) is 0 Å². The van der Waals surface area contributed by atoms with Gasteiger partial charge in [-0.2, -0.15) is 5.26 Å². The minimum Gasteiger partial charge on any atom is -0.241 e. The summed E-state index contributed by atoms with van der Waals surface area (Å²) in [5, 5.41) is 8.99. The Kier molecular flexibility index (Phi) is 1.15. The fourth-order valence-electron chi connectivity index (χ4n) is 0. The van der Waals surface area contributed by atoms with Crippen molar-refractivity contribution < 1.29 is 4.21 Å². The van der Waals surface area contributed by atoms with Crippen LogP contribution in [-0.4, -0.2) is 10.5 Å². The predicted molar refractivity (Wildman–Crippen MR) is 22.4 cm³/mol. The predicted octanol–water partition coefficient (Wildman–Crippen LogP) is 0.144. The molecule has 0 aliphatic heterocycles. The van der Waals surface area contributed by atoms with E-state index in [0.717, 1.165) is 6.26 Å². The van der Waals surface area contributed by atoms with E-state index in [1.165, 1.54) is 5.40 Å². The van der Waals surface area contributed by atoms with Crippen LogP contribution >= 0.6 is 0 Å². The van der Waals surface area contributed by atoms with Gasteiger partial charge in [-0.15, -0.1) is 0 Å². The molecule has 0 bridgehead atoms. The standard InChI is InChI=1S/C2H4N2OS/c1-6(4,5)2-3/h4H,1H3. The van der Waals surface area contributed by atoms with Gasteiger partial charge in [-0.05, 0) is 0 Å². The molecule has 4 heteroatoms. The van der Waals surface area contributed by atoms with Crippen LogP contribution in [0.2, 0.25) is 0 Å². The van der Waals surface area contributed by atoms with E-state index in [1.54, 1.807) is 0 Å². The summed E-state index contributed by atoms with van der Waals surface area (Å²) in [5.74, 6) is 0. The van der Waals surface area contributed by atoms with Gasteiger partial charge in [0, 0.05) is 6.26 Å². The quantitative estimate of drug-likeness (QED) is 0.444. The van der Waals surface area contributed by atoms with Crippen LogP contribution in [0.15, 0.2) is 0 Å². The topological polar surface area (TPSA) is 64.7 Å². The number of nitrogens with one attached hydrogen (secondary N) is 1. The summed E-state index contributed by atoms with van der Waals surface area (Å²) < 4.78 is 16.2. The van der Waals surface area contributed by atoms with Crippen molar-refractivity contribution in [1.82, 2.24) is 0 Å². The van der Waals surface area contributed by atoms with E-state index < -0.39 is 9.73 Å². The Morgan fingerprint density at radius 2 is 2.17 bits per heavy atom. The summed E-state index contributed by atoms with van der Waals surface area (Å²) in [4.78, 5) is 0. The Balaban J connectivity index is 4.41. The van der Waals surface area contributed by atoms with E-state index >= 15 is 0 Å². The van der Waals surface area contributed by atoms with Gasteiger partial charge in [-0.25, -0.2) is 8.99 Å². The van der Waals surface area contributed by atoms with Gasteiger partial charge >= 0.3 is 0 Å². The second-order valence-corrected chi connectivity index (χ2v) is 2.80. The van der Waals surface area contributed by atoms with E-state index in [2.05, 4.69) is 0 Å². The van der Waals surface area contributed by atoms with Gasteiger partial charge in [0.05, 0.1) is 0 Å². The highest BCUT2D eigenvalue weighted by Gasteiger charge is 1.84. The molecule has 0 saturated heterocycles. The molecule has 0 amide bonds. The molecule has 0 aromatic carbocycles. The zero-order chi connectivity index (χ0) is 5.21. The average molecular weight is 104 g/mol. The third kappa shape index (κ3) is 3.44. The number of nitrogens with zero attached hydrogens (tertiary/aromatic N) is 1. The van der Waals surface area contributed by atoms with Gasteiger partial charge in [0.1, 0.15) is 9.73 Å². The van der Waals surface area contributed by atoms with Crippen molar-refractivity contribution in [2.24, 2.45) is 0 Å². The van der Waals surface area contributed by atoms with Crippen molar-refractivity contribution >= 4 is 9.73 Å². The van der Waals surface area contributed by atoms with Gasteiger partial charge in [0.2, 0.25) is 0 Å². The minimum atomic E-state index is -2.86. The number of hydrogen-bond donors (Lipinski definition) is 1. The number of nitriles is 1. The van der Waals surface area contributed by atoms with Crippen LogP contribution in [0.1, 0.15) is 0 Å². The highest BCUT2D eigenvalue weighted by molar-refractivity contribution is 7.96. The lowest BCUT2D eigenvalue weighted by molar-refractivity contribution is 0.685. The van der Waals surface area contributed by atoms with Crippen molar-refractivity contribution in [1.29, 1.82) is 10.0 Å². The summed E-state index contributed by atoms with van der Waals surface area (Å²) in [6, 6.07) is 0. The Labute approximate surface area is 36.6 Å².